The molecule has 0 aliphatic rings. The van der Waals surface area contributed by atoms with Gasteiger partial charge >= 0.3 is 0 Å². The molecule has 0 heterocycles. The average Bonchev–Trinajstić information content (AvgIpc) is 2.17. The zero-order valence-corrected chi connectivity index (χ0v) is 10.3. The van der Waals surface area contributed by atoms with Crippen LogP contribution in [0.4, 0.5) is 0 Å². The summed E-state index contributed by atoms with van der Waals surface area (Å²) in [5.41, 5.74) is 0.584. The standard InChI is InChI=1S/C10H12INO2/c1-3-12-10(13)7-5-4-6-8(11)9(7)14-2/h4-6H,3H2,1-2H3,(H,12,13). The summed E-state index contributed by atoms with van der Waals surface area (Å²) >= 11 is 2.14. The molecule has 0 saturated heterocycles. The van der Waals surface area contributed by atoms with Crippen molar-refractivity contribution in [3.63, 3.8) is 0 Å². The van der Waals surface area contributed by atoms with Crippen molar-refractivity contribution in [2.75, 3.05) is 13.7 Å². The van der Waals surface area contributed by atoms with Gasteiger partial charge in [-0.3, -0.25) is 4.79 Å². The van der Waals surface area contributed by atoms with Gasteiger partial charge in [0.2, 0.25) is 0 Å². The maximum atomic E-state index is 11.6. The molecule has 1 rings (SSSR count). The molecule has 0 saturated carbocycles. The van der Waals surface area contributed by atoms with E-state index >= 15 is 0 Å². The molecular formula is C10H12INO2. The summed E-state index contributed by atoms with van der Waals surface area (Å²) in [6.07, 6.45) is 0. The number of halogens is 1. The Labute approximate surface area is 97.0 Å². The molecule has 0 bridgehead atoms. The van der Waals surface area contributed by atoms with Crippen molar-refractivity contribution in [1.29, 1.82) is 0 Å². The van der Waals surface area contributed by atoms with Gasteiger partial charge in [0.1, 0.15) is 5.75 Å². The molecule has 0 fully saturated rings. The van der Waals surface area contributed by atoms with E-state index in [0.29, 0.717) is 17.9 Å². The summed E-state index contributed by atoms with van der Waals surface area (Å²) in [6.45, 7) is 2.51. The Hall–Kier alpha value is -0.780. The van der Waals surface area contributed by atoms with E-state index in [4.69, 9.17) is 4.74 Å². The zero-order valence-electron chi connectivity index (χ0n) is 8.13. The molecule has 0 spiro atoms. The Balaban J connectivity index is 3.07. The van der Waals surface area contributed by atoms with Gasteiger partial charge < -0.3 is 10.1 Å². The van der Waals surface area contributed by atoms with E-state index in [0.717, 1.165) is 3.57 Å². The van der Waals surface area contributed by atoms with Gasteiger partial charge in [-0.05, 0) is 41.6 Å². The number of nitrogens with one attached hydrogen (secondary N) is 1. The Kier molecular flexibility index (Phi) is 4.19. The maximum Gasteiger partial charge on any atom is 0.255 e. The second kappa shape index (κ2) is 5.19. The first-order chi connectivity index (χ1) is 6.70. The van der Waals surface area contributed by atoms with Crippen LogP contribution in [0.25, 0.3) is 0 Å². The Morgan fingerprint density at radius 2 is 2.29 bits per heavy atom. The number of rotatable bonds is 3. The number of carbonyl (C=O) groups is 1. The number of benzene rings is 1. The van der Waals surface area contributed by atoms with Crippen LogP contribution in [-0.2, 0) is 0 Å². The Morgan fingerprint density at radius 3 is 2.86 bits per heavy atom. The Morgan fingerprint density at radius 1 is 1.57 bits per heavy atom. The Bertz CT molecular complexity index is 339. The lowest BCUT2D eigenvalue weighted by atomic mass is 10.2. The lowest BCUT2D eigenvalue weighted by Gasteiger charge is -2.09. The molecule has 1 amide bonds. The normalized spacial score (nSPS) is 9.64. The quantitative estimate of drug-likeness (QED) is 0.868. The number of ether oxygens (including phenoxy) is 1. The minimum Gasteiger partial charge on any atom is -0.495 e. The number of amides is 1. The minimum atomic E-state index is -0.0946. The lowest BCUT2D eigenvalue weighted by molar-refractivity contribution is 0.0952. The highest BCUT2D eigenvalue weighted by Crippen LogP contribution is 2.24. The SMILES string of the molecule is CCNC(=O)c1cccc(I)c1OC. The molecule has 1 aromatic carbocycles. The van der Waals surface area contributed by atoms with Crippen LogP contribution in [0, 0.1) is 3.57 Å². The number of methoxy groups -OCH3 is 1. The van der Waals surface area contributed by atoms with Crippen LogP contribution in [-0.4, -0.2) is 19.6 Å². The van der Waals surface area contributed by atoms with Crippen molar-refractivity contribution in [1.82, 2.24) is 5.32 Å². The van der Waals surface area contributed by atoms with Gasteiger partial charge in [-0.2, -0.15) is 0 Å². The average molecular weight is 305 g/mol. The van der Waals surface area contributed by atoms with Gasteiger partial charge in [-0.1, -0.05) is 6.07 Å². The molecule has 76 valence electrons. The molecule has 1 aromatic rings. The predicted molar refractivity (Wildman–Crippen MR) is 63.7 cm³/mol. The van der Waals surface area contributed by atoms with Crippen molar-refractivity contribution in [3.8, 4) is 5.75 Å². The lowest BCUT2D eigenvalue weighted by Crippen LogP contribution is -2.23. The smallest absolute Gasteiger partial charge is 0.255 e. The summed E-state index contributed by atoms with van der Waals surface area (Å²) in [5.74, 6) is 0.543. The van der Waals surface area contributed by atoms with Crippen molar-refractivity contribution in [3.05, 3.63) is 27.3 Å². The topological polar surface area (TPSA) is 38.3 Å². The largest absolute Gasteiger partial charge is 0.495 e. The van der Waals surface area contributed by atoms with Crippen molar-refractivity contribution >= 4 is 28.5 Å². The molecule has 0 aromatic heterocycles. The maximum absolute atomic E-state index is 11.6. The van der Waals surface area contributed by atoms with E-state index < -0.39 is 0 Å². The number of para-hydroxylation sites is 1. The molecule has 0 aliphatic heterocycles. The van der Waals surface area contributed by atoms with Crippen LogP contribution in [0.2, 0.25) is 0 Å². The van der Waals surface area contributed by atoms with Crippen LogP contribution in [0.3, 0.4) is 0 Å². The van der Waals surface area contributed by atoms with Crippen molar-refractivity contribution in [2.45, 2.75) is 6.92 Å². The number of carbonyl (C=O) groups excluding carboxylic acids is 1. The minimum absolute atomic E-state index is 0.0946. The van der Waals surface area contributed by atoms with E-state index in [1.54, 1.807) is 13.2 Å². The highest BCUT2D eigenvalue weighted by molar-refractivity contribution is 14.1. The van der Waals surface area contributed by atoms with Gasteiger partial charge in [-0.15, -0.1) is 0 Å². The third-order valence-electron chi connectivity index (χ3n) is 1.75. The van der Waals surface area contributed by atoms with Gasteiger partial charge in [0.15, 0.2) is 0 Å². The highest BCUT2D eigenvalue weighted by Gasteiger charge is 2.12. The molecule has 3 nitrogen and oxygen atoms in total. The fourth-order valence-corrected chi connectivity index (χ4v) is 1.87. The highest BCUT2D eigenvalue weighted by atomic mass is 127. The van der Waals surface area contributed by atoms with Crippen molar-refractivity contribution in [2.24, 2.45) is 0 Å². The monoisotopic (exact) mass is 305 g/mol. The van der Waals surface area contributed by atoms with Crippen LogP contribution in [0.1, 0.15) is 17.3 Å². The van der Waals surface area contributed by atoms with Gasteiger partial charge in [0.05, 0.1) is 16.2 Å². The van der Waals surface area contributed by atoms with Crippen LogP contribution >= 0.6 is 22.6 Å². The molecular weight excluding hydrogens is 293 g/mol. The third-order valence-corrected chi connectivity index (χ3v) is 2.60. The van der Waals surface area contributed by atoms with Crippen LogP contribution in [0.5, 0.6) is 5.75 Å². The summed E-state index contributed by atoms with van der Waals surface area (Å²) < 4.78 is 6.11. The van der Waals surface area contributed by atoms with Gasteiger partial charge in [-0.25, -0.2) is 0 Å². The third kappa shape index (κ3) is 2.37. The van der Waals surface area contributed by atoms with Gasteiger partial charge in [0, 0.05) is 6.54 Å². The molecule has 0 unspecified atom stereocenters. The van der Waals surface area contributed by atoms with Crippen molar-refractivity contribution < 1.29 is 9.53 Å². The first-order valence-electron chi connectivity index (χ1n) is 4.31. The second-order valence-electron chi connectivity index (χ2n) is 2.68. The number of hydrogen-bond acceptors (Lipinski definition) is 2. The second-order valence-corrected chi connectivity index (χ2v) is 3.84. The molecule has 0 atom stereocenters. The fourth-order valence-electron chi connectivity index (χ4n) is 1.15. The molecule has 14 heavy (non-hydrogen) atoms. The summed E-state index contributed by atoms with van der Waals surface area (Å²) in [4.78, 5) is 11.6. The summed E-state index contributed by atoms with van der Waals surface area (Å²) in [7, 11) is 1.57. The summed E-state index contributed by atoms with van der Waals surface area (Å²) in [6, 6.07) is 5.50. The fraction of sp³-hybridized carbons (Fsp3) is 0.300. The van der Waals surface area contributed by atoms with E-state index in [1.807, 2.05) is 19.1 Å². The number of hydrogen-bond donors (Lipinski definition) is 1. The first-order valence-corrected chi connectivity index (χ1v) is 5.39. The van der Waals surface area contributed by atoms with Gasteiger partial charge in [0.25, 0.3) is 5.91 Å². The van der Waals surface area contributed by atoms with E-state index in [-0.39, 0.29) is 5.91 Å². The molecule has 1 N–H and O–H groups in total. The van der Waals surface area contributed by atoms with Crippen LogP contribution < -0.4 is 10.1 Å². The van der Waals surface area contributed by atoms with E-state index in [9.17, 15) is 4.79 Å². The zero-order chi connectivity index (χ0) is 10.6. The summed E-state index contributed by atoms with van der Waals surface area (Å²) in [5, 5.41) is 2.74. The van der Waals surface area contributed by atoms with Crippen LogP contribution in [0.15, 0.2) is 18.2 Å². The molecule has 0 radical (unpaired) electrons. The van der Waals surface area contributed by atoms with E-state index in [1.165, 1.54) is 0 Å². The molecule has 0 aliphatic carbocycles. The first kappa shape index (κ1) is 11.3. The predicted octanol–water partition coefficient (Wildman–Crippen LogP) is 2.05. The molecule has 4 heteroatoms. The van der Waals surface area contributed by atoms with E-state index in [2.05, 4.69) is 27.9 Å².